The Kier molecular flexibility index (Phi) is 5.26. The van der Waals surface area contributed by atoms with E-state index in [1.807, 2.05) is 24.3 Å². The van der Waals surface area contributed by atoms with Crippen LogP contribution in [0.4, 0.5) is 0 Å². The molecule has 0 saturated heterocycles. The number of nitrogens with two attached hydrogens (primary N) is 1. The summed E-state index contributed by atoms with van der Waals surface area (Å²) < 4.78 is 0. The molecular formula is C8H8N2O. The van der Waals surface area contributed by atoms with Crippen LogP contribution in [-0.2, 0) is 4.79 Å². The van der Waals surface area contributed by atoms with E-state index in [0.717, 1.165) is 0 Å². The Morgan fingerprint density at radius 3 is 2.09 bits per heavy atom. The van der Waals surface area contributed by atoms with Crippen LogP contribution >= 0.6 is 0 Å². The molecule has 0 aliphatic carbocycles. The quantitative estimate of drug-likeness (QED) is 0.549. The number of hydrogen-bond acceptors (Lipinski definition) is 2. The van der Waals surface area contributed by atoms with Gasteiger partial charge in [-0.2, -0.15) is 5.26 Å². The highest BCUT2D eigenvalue weighted by atomic mass is 16.1. The van der Waals surface area contributed by atoms with E-state index in [-0.39, 0.29) is 6.41 Å². The number of carbonyl (C=O) groups excluding carboxylic acids is 1. The van der Waals surface area contributed by atoms with Gasteiger partial charge in [-0.1, -0.05) is 18.2 Å². The maximum absolute atomic E-state index is 8.58. The molecule has 1 amide bonds. The number of primary amides is 1. The van der Waals surface area contributed by atoms with Crippen molar-refractivity contribution in [2.24, 2.45) is 5.73 Å². The minimum atomic E-state index is 0.250. The third-order valence-corrected chi connectivity index (χ3v) is 0.903. The van der Waals surface area contributed by atoms with Gasteiger partial charge < -0.3 is 5.73 Å². The highest BCUT2D eigenvalue weighted by Crippen LogP contribution is 1.92. The molecule has 0 saturated carbocycles. The predicted molar refractivity (Wildman–Crippen MR) is 41.4 cm³/mol. The van der Waals surface area contributed by atoms with Crippen molar-refractivity contribution in [3.05, 3.63) is 35.9 Å². The number of hydrogen-bond donors (Lipinski definition) is 1. The van der Waals surface area contributed by atoms with Gasteiger partial charge in [-0.25, -0.2) is 0 Å². The first-order valence-electron chi connectivity index (χ1n) is 2.95. The molecule has 56 valence electrons. The average Bonchev–Trinajstić information content (AvgIpc) is 2.08. The second-order valence-corrected chi connectivity index (χ2v) is 1.61. The molecule has 1 aromatic carbocycles. The fourth-order valence-electron chi connectivity index (χ4n) is 0.513. The van der Waals surface area contributed by atoms with E-state index >= 15 is 0 Å². The topological polar surface area (TPSA) is 66.9 Å². The van der Waals surface area contributed by atoms with Crippen LogP contribution in [0.3, 0.4) is 0 Å². The van der Waals surface area contributed by atoms with Crippen molar-refractivity contribution in [1.82, 2.24) is 0 Å². The van der Waals surface area contributed by atoms with Crippen molar-refractivity contribution in [3.63, 3.8) is 0 Å². The standard InChI is InChI=1S/C7H5N.CH3NO/c8-6-7-4-2-1-3-5-7;2-1-3/h1-5H;1H,(H2,2,3). The van der Waals surface area contributed by atoms with E-state index in [2.05, 4.69) is 5.73 Å². The first-order chi connectivity index (χ1) is 5.35. The van der Waals surface area contributed by atoms with Crippen LogP contribution in [0.15, 0.2) is 30.3 Å². The summed E-state index contributed by atoms with van der Waals surface area (Å²) in [6.45, 7) is 0. The van der Waals surface area contributed by atoms with Gasteiger partial charge in [0.05, 0.1) is 11.6 Å². The van der Waals surface area contributed by atoms with E-state index in [1.165, 1.54) is 0 Å². The summed E-state index contributed by atoms with van der Waals surface area (Å²) in [5, 5.41) is 8.29. The fraction of sp³-hybridized carbons (Fsp3) is 0. The number of carbonyl (C=O) groups is 1. The number of rotatable bonds is 0. The van der Waals surface area contributed by atoms with Crippen molar-refractivity contribution >= 4 is 6.41 Å². The lowest BCUT2D eigenvalue weighted by Gasteiger charge is -1.80. The van der Waals surface area contributed by atoms with Gasteiger partial charge in [-0.05, 0) is 12.1 Å². The lowest BCUT2D eigenvalue weighted by atomic mass is 10.2. The highest BCUT2D eigenvalue weighted by molar-refractivity contribution is 5.42. The van der Waals surface area contributed by atoms with Crippen LogP contribution in [0.2, 0.25) is 0 Å². The van der Waals surface area contributed by atoms with Crippen LogP contribution in [0.1, 0.15) is 5.56 Å². The van der Waals surface area contributed by atoms with Gasteiger partial charge in [0.15, 0.2) is 0 Å². The van der Waals surface area contributed by atoms with Crippen LogP contribution in [0.25, 0.3) is 0 Å². The second kappa shape index (κ2) is 6.30. The molecule has 11 heavy (non-hydrogen) atoms. The maximum atomic E-state index is 8.58. The Hall–Kier alpha value is -1.82. The molecule has 3 nitrogen and oxygen atoms in total. The summed E-state index contributed by atoms with van der Waals surface area (Å²) in [5.74, 6) is 0. The van der Waals surface area contributed by atoms with Crippen molar-refractivity contribution < 1.29 is 4.79 Å². The zero-order chi connectivity index (χ0) is 8.53. The molecule has 3 heteroatoms. The highest BCUT2D eigenvalue weighted by Gasteiger charge is 1.79. The molecule has 0 heterocycles. The molecule has 0 atom stereocenters. The molecule has 0 spiro atoms. The van der Waals surface area contributed by atoms with Crippen LogP contribution in [0.5, 0.6) is 0 Å². The molecule has 0 fully saturated rings. The van der Waals surface area contributed by atoms with E-state index in [9.17, 15) is 0 Å². The Balaban J connectivity index is 0.000000292. The minimum absolute atomic E-state index is 0.250. The Morgan fingerprint density at radius 1 is 1.36 bits per heavy atom. The van der Waals surface area contributed by atoms with E-state index < -0.39 is 0 Å². The minimum Gasteiger partial charge on any atom is -0.372 e. The van der Waals surface area contributed by atoms with Gasteiger partial charge in [0.25, 0.3) is 0 Å². The normalized spacial score (nSPS) is 6.82. The maximum Gasteiger partial charge on any atom is 0.204 e. The summed E-state index contributed by atoms with van der Waals surface area (Å²) in [5.41, 5.74) is 4.88. The zero-order valence-corrected chi connectivity index (χ0v) is 5.90. The second-order valence-electron chi connectivity index (χ2n) is 1.61. The summed E-state index contributed by atoms with van der Waals surface area (Å²) >= 11 is 0. The third-order valence-electron chi connectivity index (χ3n) is 0.903. The largest absolute Gasteiger partial charge is 0.372 e. The van der Waals surface area contributed by atoms with E-state index in [4.69, 9.17) is 10.1 Å². The van der Waals surface area contributed by atoms with E-state index in [1.54, 1.807) is 12.1 Å². The number of amides is 1. The monoisotopic (exact) mass is 148 g/mol. The first-order valence-corrected chi connectivity index (χ1v) is 2.95. The molecule has 0 aliphatic heterocycles. The van der Waals surface area contributed by atoms with Crippen molar-refractivity contribution in [2.75, 3.05) is 0 Å². The fourth-order valence-corrected chi connectivity index (χ4v) is 0.513. The van der Waals surface area contributed by atoms with Crippen molar-refractivity contribution in [2.45, 2.75) is 0 Å². The summed E-state index contributed by atoms with van der Waals surface area (Å²) in [7, 11) is 0. The molecule has 0 bridgehead atoms. The Morgan fingerprint density at radius 2 is 1.82 bits per heavy atom. The molecule has 0 aromatic heterocycles. The molecule has 2 N–H and O–H groups in total. The Labute approximate surface area is 65.1 Å². The molecule has 0 unspecified atom stereocenters. The zero-order valence-electron chi connectivity index (χ0n) is 5.90. The molecule has 0 aliphatic rings. The van der Waals surface area contributed by atoms with Gasteiger partial charge in [0, 0.05) is 0 Å². The van der Waals surface area contributed by atoms with Gasteiger partial charge in [-0.15, -0.1) is 0 Å². The Bertz CT molecular complexity index is 238. The lowest BCUT2D eigenvalue weighted by Crippen LogP contribution is -1.82. The first kappa shape index (κ1) is 9.18. The third kappa shape index (κ3) is 4.67. The predicted octanol–water partition coefficient (Wildman–Crippen LogP) is 0.660. The van der Waals surface area contributed by atoms with Gasteiger partial charge >= 0.3 is 0 Å². The molecule has 1 rings (SSSR count). The summed E-state index contributed by atoms with van der Waals surface area (Å²) in [4.78, 5) is 8.58. The van der Waals surface area contributed by atoms with Crippen LogP contribution < -0.4 is 5.73 Å². The number of nitriles is 1. The van der Waals surface area contributed by atoms with Crippen LogP contribution in [0, 0.1) is 11.3 Å². The van der Waals surface area contributed by atoms with Crippen LogP contribution in [-0.4, -0.2) is 6.41 Å². The number of benzene rings is 1. The summed E-state index contributed by atoms with van der Waals surface area (Å²) in [6, 6.07) is 11.2. The molecule has 1 aromatic rings. The lowest BCUT2D eigenvalue weighted by molar-refractivity contribution is -0.106. The average molecular weight is 148 g/mol. The van der Waals surface area contributed by atoms with Crippen molar-refractivity contribution in [1.29, 1.82) is 5.26 Å². The number of nitrogens with zero attached hydrogens (tertiary/aromatic N) is 1. The van der Waals surface area contributed by atoms with Gasteiger partial charge in [-0.3, -0.25) is 4.79 Å². The summed E-state index contributed by atoms with van der Waals surface area (Å²) in [6.07, 6.45) is 0.250. The SMILES string of the molecule is N#Cc1ccccc1.NC=O. The van der Waals surface area contributed by atoms with Gasteiger partial charge in [0.2, 0.25) is 6.41 Å². The smallest absolute Gasteiger partial charge is 0.204 e. The molecular weight excluding hydrogens is 140 g/mol. The van der Waals surface area contributed by atoms with Gasteiger partial charge in [0.1, 0.15) is 0 Å². The molecule has 0 radical (unpaired) electrons. The van der Waals surface area contributed by atoms with Crippen molar-refractivity contribution in [3.8, 4) is 6.07 Å². The van der Waals surface area contributed by atoms with E-state index in [0.29, 0.717) is 5.56 Å².